The second kappa shape index (κ2) is 7.88. The van der Waals surface area contributed by atoms with E-state index in [0.29, 0.717) is 5.92 Å². The standard InChI is InChI=1S/C15H28O2/c1-4-8-13(11-12(2)3)15(16)17-14-9-6-5-7-10-14/h4,8,12-16H,5-7,9-11H2,1-3H3. The SMILES string of the molecule is CC=CC(CC(C)C)C(O)OC1CCCCC1. The number of allylic oxidation sites excluding steroid dienone is 1. The molecular formula is C15H28O2. The van der Waals surface area contributed by atoms with Crippen LogP contribution in [0.2, 0.25) is 0 Å². The highest BCUT2D eigenvalue weighted by Crippen LogP contribution is 2.25. The van der Waals surface area contributed by atoms with Gasteiger partial charge in [0.05, 0.1) is 6.10 Å². The number of hydrogen-bond acceptors (Lipinski definition) is 2. The second-order valence-corrected chi connectivity index (χ2v) is 5.61. The Labute approximate surface area is 106 Å². The van der Waals surface area contributed by atoms with E-state index in [4.69, 9.17) is 4.74 Å². The molecule has 100 valence electrons. The molecule has 0 radical (unpaired) electrons. The fourth-order valence-electron chi connectivity index (χ4n) is 2.58. The first-order valence-corrected chi connectivity index (χ1v) is 7.09. The minimum atomic E-state index is -0.628. The van der Waals surface area contributed by atoms with E-state index in [2.05, 4.69) is 19.9 Å². The van der Waals surface area contributed by atoms with Crippen LogP contribution in [0.25, 0.3) is 0 Å². The second-order valence-electron chi connectivity index (χ2n) is 5.61. The Morgan fingerprint density at radius 1 is 1.24 bits per heavy atom. The molecular weight excluding hydrogens is 212 g/mol. The molecule has 17 heavy (non-hydrogen) atoms. The number of ether oxygens (including phenoxy) is 1. The molecule has 0 aromatic heterocycles. The molecule has 0 aliphatic heterocycles. The molecule has 0 saturated heterocycles. The molecule has 0 aromatic carbocycles. The van der Waals surface area contributed by atoms with Gasteiger partial charge in [-0.15, -0.1) is 0 Å². The van der Waals surface area contributed by atoms with Gasteiger partial charge in [-0.3, -0.25) is 0 Å². The quantitative estimate of drug-likeness (QED) is 0.564. The monoisotopic (exact) mass is 240 g/mol. The van der Waals surface area contributed by atoms with Gasteiger partial charge in [-0.25, -0.2) is 0 Å². The van der Waals surface area contributed by atoms with E-state index in [1.807, 2.05) is 13.0 Å². The van der Waals surface area contributed by atoms with Crippen LogP contribution in [0.15, 0.2) is 12.2 Å². The molecule has 1 aliphatic rings. The van der Waals surface area contributed by atoms with Gasteiger partial charge in [-0.05, 0) is 32.1 Å². The fourth-order valence-corrected chi connectivity index (χ4v) is 2.58. The van der Waals surface area contributed by atoms with Crippen molar-refractivity contribution in [1.29, 1.82) is 0 Å². The smallest absolute Gasteiger partial charge is 0.161 e. The van der Waals surface area contributed by atoms with Crippen LogP contribution >= 0.6 is 0 Å². The summed E-state index contributed by atoms with van der Waals surface area (Å²) in [6.07, 6.45) is 10.8. The van der Waals surface area contributed by atoms with Gasteiger partial charge in [0, 0.05) is 5.92 Å². The predicted octanol–water partition coefficient (Wildman–Crippen LogP) is 3.89. The zero-order valence-electron chi connectivity index (χ0n) is 11.6. The lowest BCUT2D eigenvalue weighted by Crippen LogP contribution is -2.30. The molecule has 2 atom stereocenters. The van der Waals surface area contributed by atoms with Crippen LogP contribution in [0.5, 0.6) is 0 Å². The summed E-state index contributed by atoms with van der Waals surface area (Å²) in [4.78, 5) is 0. The molecule has 0 heterocycles. The highest BCUT2D eigenvalue weighted by Gasteiger charge is 2.23. The van der Waals surface area contributed by atoms with Gasteiger partial charge in [0.25, 0.3) is 0 Å². The Kier molecular flexibility index (Phi) is 6.83. The fraction of sp³-hybridized carbons (Fsp3) is 0.867. The maximum absolute atomic E-state index is 10.2. The number of hydrogen-bond donors (Lipinski definition) is 1. The molecule has 0 amide bonds. The van der Waals surface area contributed by atoms with E-state index >= 15 is 0 Å². The molecule has 0 aromatic rings. The van der Waals surface area contributed by atoms with Gasteiger partial charge >= 0.3 is 0 Å². The van der Waals surface area contributed by atoms with E-state index in [0.717, 1.165) is 19.3 Å². The molecule has 1 N–H and O–H groups in total. The minimum Gasteiger partial charge on any atom is -0.367 e. The highest BCUT2D eigenvalue weighted by molar-refractivity contribution is 4.88. The lowest BCUT2D eigenvalue weighted by molar-refractivity contribution is -0.165. The molecule has 1 aliphatic carbocycles. The van der Waals surface area contributed by atoms with E-state index < -0.39 is 6.29 Å². The Bertz CT molecular complexity index is 217. The zero-order chi connectivity index (χ0) is 12.7. The minimum absolute atomic E-state index is 0.141. The molecule has 2 unspecified atom stereocenters. The van der Waals surface area contributed by atoms with Crippen LogP contribution in [-0.2, 0) is 4.74 Å². The Balaban J connectivity index is 2.42. The lowest BCUT2D eigenvalue weighted by Gasteiger charge is -2.29. The third-order valence-electron chi connectivity index (χ3n) is 3.43. The van der Waals surface area contributed by atoms with Gasteiger partial charge in [0.15, 0.2) is 6.29 Å². The third-order valence-corrected chi connectivity index (χ3v) is 3.43. The number of aliphatic hydroxyl groups is 1. The zero-order valence-corrected chi connectivity index (χ0v) is 11.6. The average molecular weight is 240 g/mol. The predicted molar refractivity (Wildman–Crippen MR) is 71.7 cm³/mol. The first-order chi connectivity index (χ1) is 8.13. The highest BCUT2D eigenvalue weighted by atomic mass is 16.6. The maximum atomic E-state index is 10.2. The van der Waals surface area contributed by atoms with E-state index in [1.54, 1.807) is 0 Å². The normalized spacial score (nSPS) is 22.2. The summed E-state index contributed by atoms with van der Waals surface area (Å²) < 4.78 is 5.81. The van der Waals surface area contributed by atoms with Gasteiger partial charge in [-0.1, -0.05) is 45.3 Å². The molecule has 1 saturated carbocycles. The van der Waals surface area contributed by atoms with Crippen LogP contribution in [0, 0.1) is 11.8 Å². The third kappa shape index (κ3) is 5.69. The van der Waals surface area contributed by atoms with E-state index in [9.17, 15) is 5.11 Å². The van der Waals surface area contributed by atoms with Crippen molar-refractivity contribution in [2.24, 2.45) is 11.8 Å². The summed E-state index contributed by atoms with van der Waals surface area (Å²) in [7, 11) is 0. The van der Waals surface area contributed by atoms with Crippen molar-refractivity contribution in [3.8, 4) is 0 Å². The Hall–Kier alpha value is -0.340. The van der Waals surface area contributed by atoms with Gasteiger partial charge in [0.1, 0.15) is 0 Å². The van der Waals surface area contributed by atoms with Gasteiger partial charge in [-0.2, -0.15) is 0 Å². The number of aliphatic hydroxyl groups excluding tert-OH is 1. The maximum Gasteiger partial charge on any atom is 0.161 e. The molecule has 0 spiro atoms. The van der Waals surface area contributed by atoms with Crippen LogP contribution in [0.1, 0.15) is 59.3 Å². The first kappa shape index (κ1) is 14.7. The topological polar surface area (TPSA) is 29.5 Å². The van der Waals surface area contributed by atoms with E-state index in [1.165, 1.54) is 19.3 Å². The Morgan fingerprint density at radius 3 is 2.41 bits per heavy atom. The number of rotatable bonds is 6. The molecule has 1 rings (SSSR count). The van der Waals surface area contributed by atoms with Crippen LogP contribution in [0.4, 0.5) is 0 Å². The molecule has 1 fully saturated rings. The average Bonchev–Trinajstić information content (AvgIpc) is 2.29. The van der Waals surface area contributed by atoms with Crippen LogP contribution in [0.3, 0.4) is 0 Å². The van der Waals surface area contributed by atoms with Crippen LogP contribution in [-0.4, -0.2) is 17.5 Å². The summed E-state index contributed by atoms with van der Waals surface area (Å²) in [5.74, 6) is 0.725. The van der Waals surface area contributed by atoms with Gasteiger partial charge in [0.2, 0.25) is 0 Å². The Morgan fingerprint density at radius 2 is 1.88 bits per heavy atom. The lowest BCUT2D eigenvalue weighted by atomic mass is 9.95. The summed E-state index contributed by atoms with van der Waals surface area (Å²) in [5, 5.41) is 10.2. The van der Waals surface area contributed by atoms with Gasteiger partial charge < -0.3 is 9.84 Å². The van der Waals surface area contributed by atoms with E-state index in [-0.39, 0.29) is 12.0 Å². The van der Waals surface area contributed by atoms with Crippen LogP contribution < -0.4 is 0 Å². The summed E-state index contributed by atoms with van der Waals surface area (Å²) in [6.45, 7) is 6.37. The van der Waals surface area contributed by atoms with Crippen molar-refractivity contribution in [3.05, 3.63) is 12.2 Å². The van der Waals surface area contributed by atoms with Crippen molar-refractivity contribution >= 4 is 0 Å². The molecule has 2 heteroatoms. The summed E-state index contributed by atoms with van der Waals surface area (Å²) in [5.41, 5.74) is 0. The molecule has 2 nitrogen and oxygen atoms in total. The molecule has 0 bridgehead atoms. The van der Waals surface area contributed by atoms with Crippen molar-refractivity contribution in [3.63, 3.8) is 0 Å². The van der Waals surface area contributed by atoms with Crippen molar-refractivity contribution < 1.29 is 9.84 Å². The summed E-state index contributed by atoms with van der Waals surface area (Å²) >= 11 is 0. The first-order valence-electron chi connectivity index (χ1n) is 7.09. The largest absolute Gasteiger partial charge is 0.367 e. The van der Waals surface area contributed by atoms with Crippen molar-refractivity contribution in [2.45, 2.75) is 71.7 Å². The summed E-state index contributed by atoms with van der Waals surface area (Å²) in [6, 6.07) is 0. The van der Waals surface area contributed by atoms with Crippen molar-refractivity contribution in [1.82, 2.24) is 0 Å². The van der Waals surface area contributed by atoms with Crippen molar-refractivity contribution in [2.75, 3.05) is 0 Å².